The Kier molecular flexibility index (Phi) is 3.57. The van der Waals surface area contributed by atoms with Crippen LogP contribution in [0.1, 0.15) is 27.3 Å². The molecule has 1 aromatic rings. The second-order valence-corrected chi connectivity index (χ2v) is 4.43. The number of carboxylic acid groups (broad SMARTS) is 1. The summed E-state index contributed by atoms with van der Waals surface area (Å²) in [6.07, 6.45) is 2.29. The van der Waals surface area contributed by atoms with Crippen LogP contribution >= 0.6 is 0 Å². The number of aromatic carboxylic acids is 1. The highest BCUT2D eigenvalue weighted by Gasteiger charge is 2.24. The fourth-order valence-corrected chi connectivity index (χ4v) is 2.07. The second-order valence-electron chi connectivity index (χ2n) is 4.43. The molecule has 1 atom stereocenters. The van der Waals surface area contributed by atoms with Crippen LogP contribution in [0.5, 0.6) is 0 Å². The van der Waals surface area contributed by atoms with Gasteiger partial charge in [-0.2, -0.15) is 0 Å². The molecular formula is C12H15N3O3. The van der Waals surface area contributed by atoms with E-state index in [0.717, 1.165) is 19.5 Å². The lowest BCUT2D eigenvalue weighted by atomic mass is 10.1. The van der Waals surface area contributed by atoms with Crippen LogP contribution in [-0.2, 0) is 0 Å². The van der Waals surface area contributed by atoms with Crippen molar-refractivity contribution in [3.8, 4) is 0 Å². The fourth-order valence-electron chi connectivity index (χ4n) is 2.07. The minimum Gasteiger partial charge on any atom is -0.478 e. The van der Waals surface area contributed by atoms with E-state index >= 15 is 0 Å². The number of carboxylic acids is 1. The fraction of sp³-hybridized carbons (Fsp3) is 0.417. The number of aromatic nitrogens is 1. The number of nitrogens with zero attached hydrogens (tertiary/aromatic N) is 2. The van der Waals surface area contributed by atoms with Crippen LogP contribution in [0.4, 0.5) is 0 Å². The molecule has 1 amide bonds. The summed E-state index contributed by atoms with van der Waals surface area (Å²) in [6.45, 7) is 1.71. The molecular weight excluding hydrogens is 234 g/mol. The number of pyridine rings is 1. The molecule has 1 aliphatic heterocycles. The number of hydrogen-bond donors (Lipinski definition) is 2. The van der Waals surface area contributed by atoms with Crippen LogP contribution in [0.2, 0.25) is 0 Å². The number of amides is 1. The van der Waals surface area contributed by atoms with Gasteiger partial charge in [0, 0.05) is 18.8 Å². The van der Waals surface area contributed by atoms with Gasteiger partial charge < -0.3 is 15.3 Å². The lowest BCUT2D eigenvalue weighted by Crippen LogP contribution is -2.37. The normalized spacial score (nSPS) is 19.7. The van der Waals surface area contributed by atoms with Gasteiger partial charge in [-0.15, -0.1) is 0 Å². The zero-order valence-electron chi connectivity index (χ0n) is 10.1. The highest BCUT2D eigenvalue weighted by atomic mass is 16.4. The molecule has 1 unspecified atom stereocenters. The largest absolute Gasteiger partial charge is 0.478 e. The van der Waals surface area contributed by atoms with Crippen molar-refractivity contribution in [1.29, 1.82) is 0 Å². The summed E-state index contributed by atoms with van der Waals surface area (Å²) in [5.74, 6) is -1.56. The van der Waals surface area contributed by atoms with Crippen molar-refractivity contribution in [3.05, 3.63) is 29.6 Å². The van der Waals surface area contributed by atoms with E-state index in [1.807, 2.05) is 7.05 Å². The summed E-state index contributed by atoms with van der Waals surface area (Å²) in [5.41, 5.74) is -0.0964. The van der Waals surface area contributed by atoms with Gasteiger partial charge in [0.05, 0.1) is 5.56 Å². The third kappa shape index (κ3) is 2.65. The summed E-state index contributed by atoms with van der Waals surface area (Å²) >= 11 is 0. The van der Waals surface area contributed by atoms with Crippen molar-refractivity contribution >= 4 is 11.9 Å². The quantitative estimate of drug-likeness (QED) is 0.800. The average Bonchev–Trinajstić information content (AvgIpc) is 2.74. The number of hydrogen-bond acceptors (Lipinski definition) is 4. The molecule has 1 aliphatic rings. The Morgan fingerprint density at radius 1 is 1.56 bits per heavy atom. The van der Waals surface area contributed by atoms with Gasteiger partial charge in [-0.1, -0.05) is 0 Å². The van der Waals surface area contributed by atoms with Crippen LogP contribution in [0.15, 0.2) is 18.3 Å². The topological polar surface area (TPSA) is 82.5 Å². The van der Waals surface area contributed by atoms with Gasteiger partial charge in [0.15, 0.2) is 0 Å². The molecule has 6 heteroatoms. The lowest BCUT2D eigenvalue weighted by Gasteiger charge is -2.13. The minimum absolute atomic E-state index is 0.0282. The molecule has 96 valence electrons. The van der Waals surface area contributed by atoms with E-state index in [4.69, 9.17) is 5.11 Å². The molecule has 6 nitrogen and oxygen atoms in total. The molecule has 0 saturated carbocycles. The third-order valence-corrected chi connectivity index (χ3v) is 2.98. The van der Waals surface area contributed by atoms with Crippen molar-refractivity contribution in [3.63, 3.8) is 0 Å². The van der Waals surface area contributed by atoms with E-state index in [0.29, 0.717) is 0 Å². The summed E-state index contributed by atoms with van der Waals surface area (Å²) in [5, 5.41) is 11.8. The molecule has 1 saturated heterocycles. The molecule has 0 aromatic carbocycles. The maximum absolute atomic E-state index is 12.0. The van der Waals surface area contributed by atoms with Crippen molar-refractivity contribution < 1.29 is 14.7 Å². The number of nitrogens with one attached hydrogen (secondary N) is 1. The van der Waals surface area contributed by atoms with Crippen LogP contribution < -0.4 is 5.32 Å². The van der Waals surface area contributed by atoms with Gasteiger partial charge in [0.25, 0.3) is 5.91 Å². The van der Waals surface area contributed by atoms with Crippen molar-refractivity contribution in [1.82, 2.24) is 15.2 Å². The highest BCUT2D eigenvalue weighted by molar-refractivity contribution is 6.03. The lowest BCUT2D eigenvalue weighted by molar-refractivity contribution is 0.0689. The molecule has 1 fully saturated rings. The molecule has 1 aromatic heterocycles. The van der Waals surface area contributed by atoms with Crippen LogP contribution in [0.25, 0.3) is 0 Å². The monoisotopic (exact) mass is 249 g/mol. The van der Waals surface area contributed by atoms with Crippen molar-refractivity contribution in [2.45, 2.75) is 12.5 Å². The number of carbonyl (C=O) groups excluding carboxylic acids is 1. The second kappa shape index (κ2) is 5.14. The zero-order valence-corrected chi connectivity index (χ0v) is 10.1. The smallest absolute Gasteiger partial charge is 0.338 e. The average molecular weight is 249 g/mol. The Balaban J connectivity index is 2.11. The van der Waals surface area contributed by atoms with Crippen LogP contribution in [0, 0.1) is 0 Å². The zero-order chi connectivity index (χ0) is 13.1. The first kappa shape index (κ1) is 12.5. The predicted molar refractivity (Wildman–Crippen MR) is 64.6 cm³/mol. The summed E-state index contributed by atoms with van der Waals surface area (Å²) < 4.78 is 0. The standard InChI is InChI=1S/C12H15N3O3/c1-15-6-4-8(7-15)14-11(16)10-9(12(17)18)3-2-5-13-10/h2-3,5,8H,4,6-7H2,1H3,(H,14,16)(H,17,18). The minimum atomic E-state index is -1.14. The van der Waals surface area contributed by atoms with E-state index in [1.54, 1.807) is 0 Å². The van der Waals surface area contributed by atoms with E-state index < -0.39 is 11.9 Å². The van der Waals surface area contributed by atoms with E-state index in [1.165, 1.54) is 18.3 Å². The molecule has 0 aliphatic carbocycles. The van der Waals surface area contributed by atoms with E-state index in [2.05, 4.69) is 15.2 Å². The Labute approximate surface area is 105 Å². The first-order valence-electron chi connectivity index (χ1n) is 5.75. The van der Waals surface area contributed by atoms with Gasteiger partial charge in [-0.25, -0.2) is 4.79 Å². The third-order valence-electron chi connectivity index (χ3n) is 2.98. The Morgan fingerprint density at radius 2 is 2.33 bits per heavy atom. The summed E-state index contributed by atoms with van der Waals surface area (Å²) in [6, 6.07) is 2.94. The maximum atomic E-state index is 12.0. The molecule has 0 radical (unpaired) electrons. The SMILES string of the molecule is CN1CCC(NC(=O)c2ncccc2C(=O)O)C1. The first-order chi connectivity index (χ1) is 8.58. The number of carbonyl (C=O) groups is 2. The molecule has 2 N–H and O–H groups in total. The van der Waals surface area contributed by atoms with Crippen molar-refractivity contribution in [2.75, 3.05) is 20.1 Å². The van der Waals surface area contributed by atoms with Gasteiger partial charge in [-0.3, -0.25) is 9.78 Å². The van der Waals surface area contributed by atoms with Crippen molar-refractivity contribution in [2.24, 2.45) is 0 Å². The van der Waals surface area contributed by atoms with Crippen LogP contribution in [0.3, 0.4) is 0 Å². The molecule has 0 spiro atoms. The Morgan fingerprint density at radius 3 is 2.94 bits per heavy atom. The van der Waals surface area contributed by atoms with Gasteiger partial charge in [0.1, 0.15) is 5.69 Å². The van der Waals surface area contributed by atoms with Crippen LogP contribution in [-0.4, -0.2) is 53.0 Å². The summed E-state index contributed by atoms with van der Waals surface area (Å²) in [4.78, 5) is 28.9. The van der Waals surface area contributed by atoms with Gasteiger partial charge in [-0.05, 0) is 32.1 Å². The molecule has 2 rings (SSSR count). The molecule has 18 heavy (non-hydrogen) atoms. The predicted octanol–water partition coefficient (Wildman–Crippen LogP) is 0.214. The summed E-state index contributed by atoms with van der Waals surface area (Å²) in [7, 11) is 1.98. The number of rotatable bonds is 3. The Hall–Kier alpha value is -1.95. The number of likely N-dealkylation sites (tertiary alicyclic amines) is 1. The molecule has 0 bridgehead atoms. The number of likely N-dealkylation sites (N-methyl/N-ethyl adjacent to an activating group) is 1. The molecule has 2 heterocycles. The van der Waals surface area contributed by atoms with E-state index in [9.17, 15) is 9.59 Å². The van der Waals surface area contributed by atoms with Gasteiger partial charge >= 0.3 is 5.97 Å². The highest BCUT2D eigenvalue weighted by Crippen LogP contribution is 2.09. The van der Waals surface area contributed by atoms with E-state index in [-0.39, 0.29) is 17.3 Å². The Bertz CT molecular complexity index is 475. The maximum Gasteiger partial charge on any atom is 0.338 e. The van der Waals surface area contributed by atoms with Gasteiger partial charge in [0.2, 0.25) is 0 Å². The first-order valence-corrected chi connectivity index (χ1v) is 5.75.